The molecule has 1 aromatic rings. The van der Waals surface area contributed by atoms with Crippen molar-refractivity contribution in [1.82, 2.24) is 0 Å². The molecule has 4 N–H and O–H groups in total. The van der Waals surface area contributed by atoms with Crippen LogP contribution >= 0.6 is 0 Å². The molecule has 0 spiro atoms. The Balaban J connectivity index is 2.35. The summed E-state index contributed by atoms with van der Waals surface area (Å²) in [6, 6.07) is 8.87. The average molecular weight is 252 g/mol. The summed E-state index contributed by atoms with van der Waals surface area (Å²) in [5.74, 6) is 0.974. The third-order valence-corrected chi connectivity index (χ3v) is 3.23. The van der Waals surface area contributed by atoms with E-state index in [9.17, 15) is 0 Å². The molecule has 0 fully saturated rings. The molecule has 102 valence electrons. The first-order valence-corrected chi connectivity index (χ1v) is 7.04. The molecule has 0 aliphatic rings. The predicted octanol–water partition coefficient (Wildman–Crippen LogP) is 0.163. The summed E-state index contributed by atoms with van der Waals surface area (Å²) in [4.78, 5) is 1.58. The standard InChI is InChI=1S/C15H26N2O/c1-4-17(5-2)10-11-18-15-8-6-14(7-9-15)12-13(3)16/h6-9,13H,4-5,10-12,16H2,1-3H3/p+2/t13-/m1/s1. The lowest BCUT2D eigenvalue weighted by Gasteiger charge is -2.15. The van der Waals surface area contributed by atoms with E-state index in [1.807, 2.05) is 0 Å². The molecule has 0 unspecified atom stereocenters. The zero-order valence-electron chi connectivity index (χ0n) is 12.0. The van der Waals surface area contributed by atoms with Gasteiger partial charge >= 0.3 is 0 Å². The lowest BCUT2D eigenvalue weighted by Crippen LogP contribution is -3.12. The molecule has 0 aromatic heterocycles. The first-order valence-electron chi connectivity index (χ1n) is 7.04. The summed E-state index contributed by atoms with van der Waals surface area (Å²) in [6.07, 6.45) is 1.03. The van der Waals surface area contributed by atoms with Crippen LogP contribution in [-0.4, -0.2) is 32.3 Å². The molecule has 0 amide bonds. The van der Waals surface area contributed by atoms with Gasteiger partial charge < -0.3 is 15.4 Å². The molecule has 0 heterocycles. The van der Waals surface area contributed by atoms with E-state index in [-0.39, 0.29) is 0 Å². The van der Waals surface area contributed by atoms with Gasteiger partial charge in [-0.1, -0.05) is 12.1 Å². The molecule has 1 rings (SSSR count). The molecule has 1 aromatic carbocycles. The summed E-state index contributed by atoms with van der Waals surface area (Å²) >= 11 is 0. The number of quaternary nitrogens is 2. The minimum atomic E-state index is 0.461. The summed E-state index contributed by atoms with van der Waals surface area (Å²) in [5, 5.41) is 0. The molecular formula is C15H28N2O+2. The van der Waals surface area contributed by atoms with Gasteiger partial charge in [0.1, 0.15) is 18.9 Å². The highest BCUT2D eigenvalue weighted by molar-refractivity contribution is 5.27. The number of ether oxygens (including phenoxy) is 1. The first-order chi connectivity index (χ1) is 8.65. The van der Waals surface area contributed by atoms with E-state index in [1.165, 1.54) is 18.7 Å². The van der Waals surface area contributed by atoms with Crippen molar-refractivity contribution in [2.45, 2.75) is 33.2 Å². The molecule has 0 saturated heterocycles. The lowest BCUT2D eigenvalue weighted by molar-refractivity contribution is -0.896. The van der Waals surface area contributed by atoms with Crippen LogP contribution in [-0.2, 0) is 6.42 Å². The van der Waals surface area contributed by atoms with Gasteiger partial charge in [-0.2, -0.15) is 0 Å². The van der Waals surface area contributed by atoms with E-state index in [2.05, 4.69) is 50.8 Å². The minimum Gasteiger partial charge on any atom is -0.488 e. The monoisotopic (exact) mass is 252 g/mol. The molecule has 1 atom stereocenters. The second-order valence-corrected chi connectivity index (χ2v) is 5.01. The maximum atomic E-state index is 5.76. The predicted molar refractivity (Wildman–Crippen MR) is 74.9 cm³/mol. The van der Waals surface area contributed by atoms with Crippen molar-refractivity contribution in [1.29, 1.82) is 0 Å². The van der Waals surface area contributed by atoms with E-state index >= 15 is 0 Å². The molecule has 18 heavy (non-hydrogen) atoms. The Bertz CT molecular complexity index is 318. The van der Waals surface area contributed by atoms with Gasteiger partial charge in [0, 0.05) is 6.42 Å². The average Bonchev–Trinajstić information content (AvgIpc) is 2.36. The van der Waals surface area contributed by atoms with Crippen LogP contribution in [0.2, 0.25) is 0 Å². The van der Waals surface area contributed by atoms with Gasteiger partial charge in [-0.25, -0.2) is 0 Å². The fourth-order valence-corrected chi connectivity index (χ4v) is 2.04. The Kier molecular flexibility index (Phi) is 6.76. The van der Waals surface area contributed by atoms with Gasteiger partial charge in [-0.3, -0.25) is 0 Å². The molecule has 0 bridgehead atoms. The second-order valence-electron chi connectivity index (χ2n) is 5.01. The smallest absolute Gasteiger partial charge is 0.137 e. The van der Waals surface area contributed by atoms with Crippen molar-refractivity contribution in [2.24, 2.45) is 0 Å². The Morgan fingerprint density at radius 2 is 1.78 bits per heavy atom. The highest BCUT2D eigenvalue weighted by Gasteiger charge is 2.03. The zero-order valence-corrected chi connectivity index (χ0v) is 12.0. The van der Waals surface area contributed by atoms with Crippen LogP contribution in [0, 0.1) is 0 Å². The fourth-order valence-electron chi connectivity index (χ4n) is 2.04. The van der Waals surface area contributed by atoms with Gasteiger partial charge in [0.15, 0.2) is 0 Å². The minimum absolute atomic E-state index is 0.461. The van der Waals surface area contributed by atoms with Gasteiger partial charge in [0.2, 0.25) is 0 Å². The van der Waals surface area contributed by atoms with Crippen LogP contribution in [0.5, 0.6) is 5.75 Å². The highest BCUT2D eigenvalue weighted by Crippen LogP contribution is 2.12. The van der Waals surface area contributed by atoms with Crippen LogP contribution in [0.25, 0.3) is 0 Å². The van der Waals surface area contributed by atoms with Crippen molar-refractivity contribution in [2.75, 3.05) is 26.2 Å². The van der Waals surface area contributed by atoms with Crippen molar-refractivity contribution in [3.8, 4) is 5.75 Å². The fraction of sp³-hybridized carbons (Fsp3) is 0.600. The normalized spacial score (nSPS) is 12.7. The van der Waals surface area contributed by atoms with Crippen LogP contribution in [0.3, 0.4) is 0 Å². The Hall–Kier alpha value is -1.06. The molecule has 0 radical (unpaired) electrons. The summed E-state index contributed by atoms with van der Waals surface area (Å²) in [6.45, 7) is 10.8. The third-order valence-electron chi connectivity index (χ3n) is 3.23. The maximum Gasteiger partial charge on any atom is 0.137 e. The van der Waals surface area contributed by atoms with E-state index < -0.39 is 0 Å². The Morgan fingerprint density at radius 3 is 2.28 bits per heavy atom. The first kappa shape index (κ1) is 15.0. The van der Waals surface area contributed by atoms with Gasteiger partial charge in [0.05, 0.1) is 19.1 Å². The van der Waals surface area contributed by atoms with Crippen molar-refractivity contribution < 1.29 is 15.4 Å². The molecule has 0 aliphatic heterocycles. The van der Waals surface area contributed by atoms with Crippen LogP contribution in [0.1, 0.15) is 26.3 Å². The molecule has 3 heteroatoms. The van der Waals surface area contributed by atoms with Crippen LogP contribution in [0.4, 0.5) is 0 Å². The zero-order chi connectivity index (χ0) is 13.4. The van der Waals surface area contributed by atoms with Crippen LogP contribution in [0.15, 0.2) is 24.3 Å². The summed E-state index contributed by atoms with van der Waals surface area (Å²) < 4.78 is 5.76. The van der Waals surface area contributed by atoms with Gasteiger partial charge in [0.25, 0.3) is 0 Å². The Morgan fingerprint density at radius 1 is 1.17 bits per heavy atom. The number of nitrogens with one attached hydrogen (secondary N) is 1. The van der Waals surface area contributed by atoms with Crippen molar-refractivity contribution >= 4 is 0 Å². The molecule has 0 saturated carbocycles. The molecule has 3 nitrogen and oxygen atoms in total. The molecule has 0 aliphatic carbocycles. The van der Waals surface area contributed by atoms with E-state index in [0.717, 1.165) is 25.3 Å². The highest BCUT2D eigenvalue weighted by atomic mass is 16.5. The largest absolute Gasteiger partial charge is 0.488 e. The number of benzene rings is 1. The van der Waals surface area contributed by atoms with Crippen molar-refractivity contribution in [3.05, 3.63) is 29.8 Å². The van der Waals surface area contributed by atoms with Crippen LogP contribution < -0.4 is 15.4 Å². The SMILES string of the molecule is CC[NH+](CC)CCOc1ccc(C[C@@H](C)[NH3+])cc1. The number of rotatable bonds is 8. The topological polar surface area (TPSA) is 41.3 Å². The lowest BCUT2D eigenvalue weighted by atomic mass is 10.1. The van der Waals surface area contributed by atoms with Gasteiger partial charge in [-0.15, -0.1) is 0 Å². The maximum absolute atomic E-state index is 5.76. The Labute approximate surface area is 111 Å². The van der Waals surface area contributed by atoms with E-state index in [1.54, 1.807) is 4.90 Å². The third kappa shape index (κ3) is 5.52. The van der Waals surface area contributed by atoms with Crippen molar-refractivity contribution in [3.63, 3.8) is 0 Å². The summed E-state index contributed by atoms with van der Waals surface area (Å²) in [5.41, 5.74) is 5.34. The van der Waals surface area contributed by atoms with Gasteiger partial charge in [-0.05, 0) is 38.5 Å². The van der Waals surface area contributed by atoms with E-state index in [4.69, 9.17) is 4.74 Å². The summed E-state index contributed by atoms with van der Waals surface area (Å²) in [7, 11) is 0. The second kappa shape index (κ2) is 8.11. The number of hydrogen-bond donors (Lipinski definition) is 2. The molecular weight excluding hydrogens is 224 g/mol. The number of hydrogen-bond acceptors (Lipinski definition) is 1. The van der Waals surface area contributed by atoms with E-state index in [0.29, 0.717) is 6.04 Å². The number of likely N-dealkylation sites (N-methyl/N-ethyl adjacent to an activating group) is 1. The quantitative estimate of drug-likeness (QED) is 0.680.